The lowest BCUT2D eigenvalue weighted by atomic mass is 10.1. The van der Waals surface area contributed by atoms with Crippen molar-refractivity contribution in [3.05, 3.63) is 51.6 Å². The van der Waals surface area contributed by atoms with Crippen molar-refractivity contribution >= 4 is 46.6 Å². The number of carbonyl (C=O) groups excluding carboxylic acids is 2. The van der Waals surface area contributed by atoms with Crippen molar-refractivity contribution in [3.63, 3.8) is 0 Å². The molecular weight excluding hydrogens is 447 g/mol. The summed E-state index contributed by atoms with van der Waals surface area (Å²) >= 11 is 6.66. The number of alkyl halides is 3. The number of amides is 2. The zero-order chi connectivity index (χ0) is 22.1. The molecule has 2 aromatic rings. The normalized spacial score (nSPS) is 16.0. The highest BCUT2D eigenvalue weighted by Gasteiger charge is 2.35. The molecule has 1 N–H and O–H groups in total. The fraction of sp³-hybridized carbons (Fsp3) is 0.211. The standard InChI is InChI=1S/C19H13ClF3NO5S/c20-13-5-3-10(19(21,22)23)8-12(13)14-6-4-11(29-14)9-15-17(27)24(18(28)30-15)7-1-2-16(25)26/h3-6,8-9H,1-2,7H2,(H,25,26). The molecule has 0 bridgehead atoms. The predicted molar refractivity (Wildman–Crippen MR) is 104 cm³/mol. The van der Waals surface area contributed by atoms with Crippen LogP contribution in [0.2, 0.25) is 5.02 Å². The number of thioether (sulfide) groups is 1. The van der Waals surface area contributed by atoms with Gasteiger partial charge in [-0.05, 0) is 48.5 Å². The SMILES string of the molecule is O=C(O)CCCN1C(=O)SC(=Cc2ccc(-c3cc(C(F)(F)F)ccc3Cl)o2)C1=O. The summed E-state index contributed by atoms with van der Waals surface area (Å²) in [7, 11) is 0. The van der Waals surface area contributed by atoms with E-state index in [1.807, 2.05) is 0 Å². The Morgan fingerprint density at radius 3 is 2.63 bits per heavy atom. The summed E-state index contributed by atoms with van der Waals surface area (Å²) in [5.41, 5.74) is -0.852. The average molecular weight is 460 g/mol. The summed E-state index contributed by atoms with van der Waals surface area (Å²) in [5.74, 6) is -1.41. The van der Waals surface area contributed by atoms with Gasteiger partial charge in [-0.1, -0.05) is 11.6 Å². The maximum Gasteiger partial charge on any atom is 0.416 e. The van der Waals surface area contributed by atoms with Crippen molar-refractivity contribution in [1.82, 2.24) is 4.90 Å². The number of hydrogen-bond acceptors (Lipinski definition) is 5. The average Bonchev–Trinajstić information content (AvgIpc) is 3.21. The van der Waals surface area contributed by atoms with Crippen LogP contribution in [-0.4, -0.2) is 33.7 Å². The number of nitrogens with zero attached hydrogens (tertiary/aromatic N) is 1. The molecule has 30 heavy (non-hydrogen) atoms. The van der Waals surface area contributed by atoms with E-state index in [9.17, 15) is 27.6 Å². The topological polar surface area (TPSA) is 87.8 Å². The Balaban J connectivity index is 1.80. The number of hydrogen-bond donors (Lipinski definition) is 1. The Bertz CT molecular complexity index is 1050. The van der Waals surface area contributed by atoms with Crippen LogP contribution >= 0.6 is 23.4 Å². The van der Waals surface area contributed by atoms with Gasteiger partial charge >= 0.3 is 12.1 Å². The first-order valence-electron chi connectivity index (χ1n) is 8.50. The second-order valence-corrected chi connectivity index (χ2v) is 7.63. The van der Waals surface area contributed by atoms with Gasteiger partial charge in [-0.15, -0.1) is 0 Å². The fourth-order valence-electron chi connectivity index (χ4n) is 2.68. The van der Waals surface area contributed by atoms with Gasteiger partial charge in [-0.25, -0.2) is 0 Å². The van der Waals surface area contributed by atoms with E-state index in [1.165, 1.54) is 18.2 Å². The number of benzene rings is 1. The first-order chi connectivity index (χ1) is 14.1. The van der Waals surface area contributed by atoms with E-state index in [0.29, 0.717) is 11.8 Å². The molecule has 3 rings (SSSR count). The molecule has 158 valence electrons. The minimum Gasteiger partial charge on any atom is -0.481 e. The van der Waals surface area contributed by atoms with Crippen LogP contribution in [0.15, 0.2) is 39.7 Å². The molecule has 6 nitrogen and oxygen atoms in total. The molecule has 0 unspecified atom stereocenters. The van der Waals surface area contributed by atoms with Gasteiger partial charge in [0.1, 0.15) is 11.5 Å². The van der Waals surface area contributed by atoms with E-state index in [2.05, 4.69) is 0 Å². The van der Waals surface area contributed by atoms with E-state index < -0.39 is 28.9 Å². The van der Waals surface area contributed by atoms with Crippen LogP contribution in [-0.2, 0) is 15.8 Å². The molecule has 0 saturated carbocycles. The van der Waals surface area contributed by atoms with Crippen LogP contribution < -0.4 is 0 Å². The third kappa shape index (κ3) is 4.88. The highest BCUT2D eigenvalue weighted by atomic mass is 35.5. The monoisotopic (exact) mass is 459 g/mol. The highest BCUT2D eigenvalue weighted by molar-refractivity contribution is 8.18. The first-order valence-corrected chi connectivity index (χ1v) is 9.70. The Morgan fingerprint density at radius 1 is 1.23 bits per heavy atom. The van der Waals surface area contributed by atoms with Crippen LogP contribution in [0.25, 0.3) is 17.4 Å². The lowest BCUT2D eigenvalue weighted by Gasteiger charge is -2.10. The number of halogens is 4. The number of imide groups is 1. The van der Waals surface area contributed by atoms with Crippen molar-refractivity contribution in [3.8, 4) is 11.3 Å². The predicted octanol–water partition coefficient (Wildman–Crippen LogP) is 5.52. The van der Waals surface area contributed by atoms with Crippen molar-refractivity contribution in [2.24, 2.45) is 0 Å². The zero-order valence-electron chi connectivity index (χ0n) is 15.0. The molecule has 0 radical (unpaired) electrons. The van der Waals surface area contributed by atoms with E-state index in [1.54, 1.807) is 0 Å². The molecule has 1 aliphatic rings. The summed E-state index contributed by atoms with van der Waals surface area (Å²) in [6.45, 7) is -0.0302. The molecular formula is C19H13ClF3NO5S. The van der Waals surface area contributed by atoms with Crippen molar-refractivity contribution in [1.29, 1.82) is 0 Å². The zero-order valence-corrected chi connectivity index (χ0v) is 16.6. The quantitative estimate of drug-likeness (QED) is 0.572. The third-order valence-electron chi connectivity index (χ3n) is 4.11. The number of rotatable bonds is 6. The van der Waals surface area contributed by atoms with Crippen molar-refractivity contribution < 1.29 is 37.1 Å². The van der Waals surface area contributed by atoms with Gasteiger partial charge in [0.2, 0.25) is 0 Å². The molecule has 0 atom stereocenters. The van der Waals surface area contributed by atoms with Gasteiger partial charge in [0.05, 0.1) is 15.5 Å². The number of furan rings is 1. The van der Waals surface area contributed by atoms with Gasteiger partial charge < -0.3 is 9.52 Å². The minimum absolute atomic E-state index is 0.0302. The first kappa shape index (κ1) is 22.0. The second-order valence-electron chi connectivity index (χ2n) is 6.23. The Hall–Kier alpha value is -2.72. The van der Waals surface area contributed by atoms with Gasteiger partial charge in [0.15, 0.2) is 0 Å². The fourth-order valence-corrected chi connectivity index (χ4v) is 3.73. The van der Waals surface area contributed by atoms with E-state index in [0.717, 1.165) is 23.1 Å². The molecule has 1 aromatic carbocycles. The maximum absolute atomic E-state index is 12.9. The maximum atomic E-state index is 12.9. The molecule has 0 spiro atoms. The van der Waals surface area contributed by atoms with Crippen LogP contribution in [0.5, 0.6) is 0 Å². The van der Waals surface area contributed by atoms with Crippen LogP contribution in [0, 0.1) is 0 Å². The van der Waals surface area contributed by atoms with Gasteiger partial charge in [0.25, 0.3) is 11.1 Å². The molecule has 2 amide bonds. The van der Waals surface area contributed by atoms with Crippen LogP contribution in [0.4, 0.5) is 18.0 Å². The molecule has 0 aliphatic carbocycles. The number of carboxylic acids is 1. The summed E-state index contributed by atoms with van der Waals surface area (Å²) in [6.07, 6.45) is -3.30. The molecule has 2 heterocycles. The van der Waals surface area contributed by atoms with Crippen molar-refractivity contribution in [2.45, 2.75) is 19.0 Å². The molecule has 1 aromatic heterocycles. The van der Waals surface area contributed by atoms with Crippen molar-refractivity contribution in [2.75, 3.05) is 6.54 Å². The van der Waals surface area contributed by atoms with Crippen LogP contribution in [0.1, 0.15) is 24.2 Å². The van der Waals surface area contributed by atoms with E-state index >= 15 is 0 Å². The molecule has 1 fully saturated rings. The smallest absolute Gasteiger partial charge is 0.416 e. The van der Waals surface area contributed by atoms with E-state index in [-0.39, 0.29) is 46.4 Å². The Morgan fingerprint density at radius 2 is 1.97 bits per heavy atom. The lowest BCUT2D eigenvalue weighted by Crippen LogP contribution is -2.29. The van der Waals surface area contributed by atoms with Crippen LogP contribution in [0.3, 0.4) is 0 Å². The number of carboxylic acid groups (broad SMARTS) is 1. The summed E-state index contributed by atoms with van der Waals surface area (Å²) in [5, 5.41) is 8.17. The van der Waals surface area contributed by atoms with Gasteiger partial charge in [-0.3, -0.25) is 19.3 Å². The largest absolute Gasteiger partial charge is 0.481 e. The van der Waals surface area contributed by atoms with Gasteiger partial charge in [-0.2, -0.15) is 13.2 Å². The summed E-state index contributed by atoms with van der Waals surface area (Å²) < 4.78 is 44.4. The number of carbonyl (C=O) groups is 3. The van der Waals surface area contributed by atoms with E-state index in [4.69, 9.17) is 21.1 Å². The van der Waals surface area contributed by atoms with Gasteiger partial charge in [0, 0.05) is 24.6 Å². The molecule has 1 saturated heterocycles. The lowest BCUT2D eigenvalue weighted by molar-refractivity contribution is -0.138. The third-order valence-corrected chi connectivity index (χ3v) is 5.34. The summed E-state index contributed by atoms with van der Waals surface area (Å²) in [6, 6.07) is 5.68. The number of aliphatic carboxylic acids is 1. The molecule has 1 aliphatic heterocycles. The Labute approximate surface area is 177 Å². The Kier molecular flexibility index (Phi) is 6.27. The molecule has 11 heteroatoms. The highest BCUT2D eigenvalue weighted by Crippen LogP contribution is 2.38. The minimum atomic E-state index is -4.55. The second kappa shape index (κ2) is 8.57. The summed E-state index contributed by atoms with van der Waals surface area (Å²) in [4.78, 5) is 35.9.